The standard InChI is InChI=1S/C30H39N3O4/c1-21-6-9-24(34)17-22(21)7-8-23-18-25(35)19-29(2)26(23)10-11-30(29,37)27(36)20-32-13-15-33(16-14-32)28-5-3-4-12-31-28/h3-6,9,12,17,23,26,34,37H,7-8,10-11,13-16,18-20H2,1-2H3. The molecule has 1 saturated heterocycles. The maximum absolute atomic E-state index is 13.7. The fraction of sp³-hybridized carbons (Fsp3) is 0.567. The van der Waals surface area contributed by atoms with Crippen molar-refractivity contribution in [3.63, 3.8) is 0 Å². The maximum Gasteiger partial charge on any atom is 0.178 e. The Bertz CT molecular complexity index is 1150. The first-order valence-corrected chi connectivity index (χ1v) is 13.6. The fourth-order valence-electron chi connectivity index (χ4n) is 7.26. The molecule has 0 bridgehead atoms. The Labute approximate surface area is 219 Å². The van der Waals surface area contributed by atoms with E-state index in [4.69, 9.17) is 0 Å². The summed E-state index contributed by atoms with van der Waals surface area (Å²) in [5, 5.41) is 21.8. The predicted molar refractivity (Wildman–Crippen MR) is 143 cm³/mol. The number of pyridine rings is 1. The molecule has 2 aromatic rings. The van der Waals surface area contributed by atoms with Crippen LogP contribution in [0.1, 0.15) is 50.2 Å². The molecule has 2 N–H and O–H groups in total. The van der Waals surface area contributed by atoms with Gasteiger partial charge < -0.3 is 15.1 Å². The number of Topliss-reactive ketones (excluding diaryl/α,β-unsaturated/α-hetero) is 2. The molecule has 0 amide bonds. The second kappa shape index (κ2) is 10.2. The van der Waals surface area contributed by atoms with Crippen LogP contribution in [0.5, 0.6) is 5.75 Å². The number of aromatic nitrogens is 1. The number of aromatic hydroxyl groups is 1. The third-order valence-corrected chi connectivity index (χ3v) is 9.49. The van der Waals surface area contributed by atoms with Gasteiger partial charge in [0.1, 0.15) is 23.0 Å². The zero-order valence-corrected chi connectivity index (χ0v) is 22.0. The molecular weight excluding hydrogens is 466 g/mol. The molecule has 7 heteroatoms. The number of hydrogen-bond donors (Lipinski definition) is 2. The van der Waals surface area contributed by atoms with Crippen LogP contribution in [0.15, 0.2) is 42.6 Å². The molecular formula is C30H39N3O4. The third-order valence-electron chi connectivity index (χ3n) is 9.49. The molecule has 37 heavy (non-hydrogen) atoms. The summed E-state index contributed by atoms with van der Waals surface area (Å²) in [5.41, 5.74) is 0.0246. The molecule has 7 nitrogen and oxygen atoms in total. The second-order valence-corrected chi connectivity index (χ2v) is 11.6. The Hall–Kier alpha value is -2.77. The highest BCUT2D eigenvalue weighted by Crippen LogP contribution is 2.59. The van der Waals surface area contributed by atoms with Crippen molar-refractivity contribution in [2.75, 3.05) is 37.6 Å². The van der Waals surface area contributed by atoms with Gasteiger partial charge in [0.05, 0.1) is 6.54 Å². The summed E-state index contributed by atoms with van der Waals surface area (Å²) in [6, 6.07) is 11.3. The normalized spacial score (nSPS) is 30.4. The topological polar surface area (TPSA) is 94.0 Å². The lowest BCUT2D eigenvalue weighted by atomic mass is 9.57. The van der Waals surface area contributed by atoms with Crippen LogP contribution in [-0.2, 0) is 16.0 Å². The number of anilines is 1. The van der Waals surface area contributed by atoms with E-state index < -0.39 is 11.0 Å². The Morgan fingerprint density at radius 1 is 1.16 bits per heavy atom. The number of phenolic OH excluding ortho intramolecular Hbond substituents is 1. The molecule has 2 heterocycles. The highest BCUT2D eigenvalue weighted by atomic mass is 16.3. The molecule has 2 saturated carbocycles. The largest absolute Gasteiger partial charge is 0.508 e. The smallest absolute Gasteiger partial charge is 0.178 e. The molecule has 0 radical (unpaired) electrons. The van der Waals surface area contributed by atoms with Gasteiger partial charge in [-0.15, -0.1) is 0 Å². The Morgan fingerprint density at radius 3 is 2.68 bits per heavy atom. The van der Waals surface area contributed by atoms with Crippen molar-refractivity contribution >= 4 is 17.4 Å². The van der Waals surface area contributed by atoms with Gasteiger partial charge in [0.15, 0.2) is 5.78 Å². The predicted octanol–water partition coefficient (Wildman–Crippen LogP) is 3.55. The summed E-state index contributed by atoms with van der Waals surface area (Å²) in [6.45, 7) is 7.29. The number of ketones is 2. The lowest BCUT2D eigenvalue weighted by Gasteiger charge is -2.48. The minimum Gasteiger partial charge on any atom is -0.508 e. The van der Waals surface area contributed by atoms with Crippen molar-refractivity contribution in [3.8, 4) is 5.75 Å². The Morgan fingerprint density at radius 2 is 1.95 bits per heavy atom. The first kappa shape index (κ1) is 25.9. The lowest BCUT2D eigenvalue weighted by molar-refractivity contribution is -0.160. The van der Waals surface area contributed by atoms with Crippen molar-refractivity contribution < 1.29 is 19.8 Å². The molecule has 4 unspecified atom stereocenters. The fourth-order valence-corrected chi connectivity index (χ4v) is 7.26. The molecule has 1 aliphatic heterocycles. The van der Waals surface area contributed by atoms with Gasteiger partial charge in [-0.2, -0.15) is 0 Å². The minimum atomic E-state index is -1.47. The number of fused-ring (bicyclic) bond motifs is 1. The number of carbonyl (C=O) groups excluding carboxylic acids is 2. The van der Waals surface area contributed by atoms with Gasteiger partial charge in [-0.1, -0.05) is 19.1 Å². The van der Waals surface area contributed by atoms with E-state index in [1.165, 1.54) is 0 Å². The van der Waals surface area contributed by atoms with Crippen LogP contribution in [0.4, 0.5) is 5.82 Å². The summed E-state index contributed by atoms with van der Waals surface area (Å²) in [4.78, 5) is 35.4. The average molecular weight is 506 g/mol. The van der Waals surface area contributed by atoms with Gasteiger partial charge in [0.25, 0.3) is 0 Å². The molecule has 3 fully saturated rings. The van der Waals surface area contributed by atoms with E-state index in [1.54, 1.807) is 18.3 Å². The quantitative estimate of drug-likeness (QED) is 0.594. The van der Waals surface area contributed by atoms with E-state index >= 15 is 0 Å². The van der Waals surface area contributed by atoms with E-state index in [0.717, 1.165) is 62.4 Å². The molecule has 1 aromatic carbocycles. The number of aliphatic hydroxyl groups is 1. The van der Waals surface area contributed by atoms with E-state index in [9.17, 15) is 19.8 Å². The number of hydrogen-bond acceptors (Lipinski definition) is 7. The summed E-state index contributed by atoms with van der Waals surface area (Å²) >= 11 is 0. The number of piperazine rings is 1. The Kier molecular flexibility index (Phi) is 7.12. The zero-order valence-electron chi connectivity index (χ0n) is 22.0. The van der Waals surface area contributed by atoms with Crippen LogP contribution in [0, 0.1) is 24.2 Å². The summed E-state index contributed by atoms with van der Waals surface area (Å²) in [7, 11) is 0. The number of aryl methyl sites for hydroxylation is 2. The van der Waals surface area contributed by atoms with Crippen molar-refractivity contribution in [1.82, 2.24) is 9.88 Å². The highest BCUT2D eigenvalue weighted by Gasteiger charge is 2.63. The number of rotatable bonds is 7. The van der Waals surface area contributed by atoms with Crippen LogP contribution in [0.2, 0.25) is 0 Å². The SMILES string of the molecule is Cc1ccc(O)cc1CCC1CC(=O)CC2(C)C1CCC2(O)C(=O)CN1CCN(c2ccccn2)CC1. The molecule has 4 atom stereocenters. The summed E-state index contributed by atoms with van der Waals surface area (Å²) in [5.74, 6) is 1.49. The number of nitrogens with zero attached hydrogens (tertiary/aromatic N) is 3. The van der Waals surface area contributed by atoms with Gasteiger partial charge in [-0.3, -0.25) is 14.5 Å². The highest BCUT2D eigenvalue weighted by molar-refractivity contribution is 5.92. The number of benzene rings is 1. The van der Waals surface area contributed by atoms with Crippen LogP contribution >= 0.6 is 0 Å². The molecule has 3 aliphatic rings. The van der Waals surface area contributed by atoms with Gasteiger partial charge in [0, 0.05) is 50.6 Å². The second-order valence-electron chi connectivity index (χ2n) is 11.6. The van der Waals surface area contributed by atoms with E-state index in [2.05, 4.69) is 14.8 Å². The van der Waals surface area contributed by atoms with Crippen molar-refractivity contribution in [1.29, 1.82) is 0 Å². The molecule has 0 spiro atoms. The summed E-state index contributed by atoms with van der Waals surface area (Å²) in [6.07, 6.45) is 5.36. The van der Waals surface area contributed by atoms with Gasteiger partial charge in [-0.05, 0) is 79.8 Å². The monoisotopic (exact) mass is 505 g/mol. The molecule has 2 aliphatic carbocycles. The van der Waals surface area contributed by atoms with Crippen molar-refractivity contribution in [2.45, 2.75) is 58.0 Å². The van der Waals surface area contributed by atoms with Gasteiger partial charge in [0.2, 0.25) is 0 Å². The first-order chi connectivity index (χ1) is 17.7. The number of carbonyl (C=O) groups is 2. The van der Waals surface area contributed by atoms with E-state index in [1.807, 2.05) is 38.1 Å². The lowest BCUT2D eigenvalue weighted by Crippen LogP contribution is -2.58. The Balaban J connectivity index is 1.24. The van der Waals surface area contributed by atoms with Crippen LogP contribution < -0.4 is 4.90 Å². The first-order valence-electron chi connectivity index (χ1n) is 13.6. The molecule has 5 rings (SSSR count). The average Bonchev–Trinajstić information content (AvgIpc) is 3.16. The van der Waals surface area contributed by atoms with E-state index in [0.29, 0.717) is 12.8 Å². The number of phenols is 1. The van der Waals surface area contributed by atoms with Crippen LogP contribution in [0.3, 0.4) is 0 Å². The van der Waals surface area contributed by atoms with Gasteiger partial charge in [-0.25, -0.2) is 4.98 Å². The van der Waals surface area contributed by atoms with Crippen LogP contribution in [-0.4, -0.2) is 70.0 Å². The molecule has 198 valence electrons. The minimum absolute atomic E-state index is 0.136. The third kappa shape index (κ3) is 4.91. The summed E-state index contributed by atoms with van der Waals surface area (Å²) < 4.78 is 0. The van der Waals surface area contributed by atoms with E-state index in [-0.39, 0.29) is 42.1 Å². The zero-order chi connectivity index (χ0) is 26.2. The maximum atomic E-state index is 13.7. The van der Waals surface area contributed by atoms with Crippen molar-refractivity contribution in [3.05, 3.63) is 53.7 Å². The molecule has 1 aromatic heterocycles. The van der Waals surface area contributed by atoms with Gasteiger partial charge >= 0.3 is 0 Å². The van der Waals surface area contributed by atoms with Crippen molar-refractivity contribution in [2.24, 2.45) is 17.3 Å². The van der Waals surface area contributed by atoms with Crippen LogP contribution in [0.25, 0.3) is 0 Å².